The molecule has 8 nitrogen and oxygen atoms in total. The van der Waals surface area contributed by atoms with Gasteiger partial charge < -0.3 is 10.5 Å². The van der Waals surface area contributed by atoms with E-state index in [1.54, 1.807) is 12.1 Å². The summed E-state index contributed by atoms with van der Waals surface area (Å²) in [6.07, 6.45) is 1.31. The summed E-state index contributed by atoms with van der Waals surface area (Å²) in [6, 6.07) is 4.71. The average Bonchev–Trinajstić information content (AvgIpc) is 2.97. The molecule has 20 heavy (non-hydrogen) atoms. The Bertz CT molecular complexity index is 669. The Kier molecular flexibility index (Phi) is 4.32. The Hall–Kier alpha value is -1.97. The van der Waals surface area contributed by atoms with Gasteiger partial charge in [-0.05, 0) is 17.7 Å². The summed E-state index contributed by atoms with van der Waals surface area (Å²) < 4.78 is 32.0. The first-order valence-electron chi connectivity index (χ1n) is 5.77. The number of hydrogen-bond acceptors (Lipinski definition) is 6. The molecule has 0 saturated heterocycles. The lowest BCUT2D eigenvalue weighted by molar-refractivity contribution is 0.401. The molecule has 1 aromatic carbocycles. The SMILES string of the molecule is COc1cc(CN)ccc1S(=O)(=O)NCc1ncn[nH]1. The summed E-state index contributed by atoms with van der Waals surface area (Å²) >= 11 is 0. The number of methoxy groups -OCH3 is 1. The Morgan fingerprint density at radius 1 is 1.45 bits per heavy atom. The largest absolute Gasteiger partial charge is 0.495 e. The summed E-state index contributed by atoms with van der Waals surface area (Å²) in [6.45, 7) is 0.326. The minimum absolute atomic E-state index is 0.0180. The maximum Gasteiger partial charge on any atom is 0.244 e. The number of aromatic nitrogens is 3. The molecule has 0 amide bonds. The fourth-order valence-electron chi connectivity index (χ4n) is 1.62. The average molecular weight is 297 g/mol. The van der Waals surface area contributed by atoms with Crippen molar-refractivity contribution in [3.63, 3.8) is 0 Å². The van der Waals surface area contributed by atoms with E-state index in [0.717, 1.165) is 5.56 Å². The molecule has 0 aliphatic rings. The van der Waals surface area contributed by atoms with Gasteiger partial charge in [0.05, 0.1) is 13.7 Å². The molecule has 4 N–H and O–H groups in total. The third-order valence-corrected chi connectivity index (χ3v) is 4.09. The highest BCUT2D eigenvalue weighted by Crippen LogP contribution is 2.24. The minimum Gasteiger partial charge on any atom is -0.495 e. The van der Waals surface area contributed by atoms with Crippen LogP contribution in [0.4, 0.5) is 0 Å². The van der Waals surface area contributed by atoms with Crippen molar-refractivity contribution in [1.29, 1.82) is 0 Å². The predicted molar refractivity (Wildman–Crippen MR) is 71.3 cm³/mol. The molecule has 2 aromatic rings. The van der Waals surface area contributed by atoms with Crippen LogP contribution in [0.2, 0.25) is 0 Å². The maximum absolute atomic E-state index is 12.2. The Morgan fingerprint density at radius 3 is 2.85 bits per heavy atom. The van der Waals surface area contributed by atoms with E-state index in [0.29, 0.717) is 12.4 Å². The van der Waals surface area contributed by atoms with Gasteiger partial charge >= 0.3 is 0 Å². The van der Waals surface area contributed by atoms with Gasteiger partial charge in [0.2, 0.25) is 10.0 Å². The smallest absolute Gasteiger partial charge is 0.244 e. The Morgan fingerprint density at radius 2 is 2.25 bits per heavy atom. The van der Waals surface area contributed by atoms with E-state index in [9.17, 15) is 8.42 Å². The Balaban J connectivity index is 2.24. The van der Waals surface area contributed by atoms with E-state index in [1.165, 1.54) is 19.5 Å². The van der Waals surface area contributed by atoms with Crippen LogP contribution >= 0.6 is 0 Å². The number of ether oxygens (including phenoxy) is 1. The molecule has 0 fully saturated rings. The molecule has 0 aliphatic heterocycles. The lowest BCUT2D eigenvalue weighted by Crippen LogP contribution is -2.24. The van der Waals surface area contributed by atoms with E-state index in [2.05, 4.69) is 19.9 Å². The molecule has 0 atom stereocenters. The van der Waals surface area contributed by atoms with Crippen LogP contribution in [0.15, 0.2) is 29.4 Å². The standard InChI is InChI=1S/C11H15N5O3S/c1-19-9-4-8(5-12)2-3-10(9)20(17,18)15-6-11-13-7-14-16-11/h2-4,7,15H,5-6,12H2,1H3,(H,13,14,16). The van der Waals surface area contributed by atoms with Crippen molar-refractivity contribution < 1.29 is 13.2 Å². The lowest BCUT2D eigenvalue weighted by Gasteiger charge is -2.11. The maximum atomic E-state index is 12.2. The van der Waals surface area contributed by atoms with Crippen LogP contribution in [0.25, 0.3) is 0 Å². The summed E-state index contributed by atoms with van der Waals surface area (Å²) in [5.74, 6) is 0.671. The number of nitrogens with zero attached hydrogens (tertiary/aromatic N) is 2. The molecule has 0 unspecified atom stereocenters. The fraction of sp³-hybridized carbons (Fsp3) is 0.273. The van der Waals surface area contributed by atoms with Gasteiger partial charge in [-0.1, -0.05) is 6.07 Å². The van der Waals surface area contributed by atoms with Gasteiger partial charge in [0.25, 0.3) is 0 Å². The zero-order valence-corrected chi connectivity index (χ0v) is 11.6. The number of nitrogens with one attached hydrogen (secondary N) is 2. The number of benzene rings is 1. The van der Waals surface area contributed by atoms with Gasteiger partial charge in [0, 0.05) is 6.54 Å². The molecular formula is C11H15N5O3S. The van der Waals surface area contributed by atoms with E-state index in [1.807, 2.05) is 0 Å². The van der Waals surface area contributed by atoms with Crippen LogP contribution in [-0.4, -0.2) is 30.7 Å². The first-order chi connectivity index (χ1) is 9.56. The number of nitrogens with two attached hydrogens (primary N) is 1. The first-order valence-corrected chi connectivity index (χ1v) is 7.26. The zero-order valence-electron chi connectivity index (χ0n) is 10.8. The van der Waals surface area contributed by atoms with E-state index < -0.39 is 10.0 Å². The molecule has 0 bridgehead atoms. The van der Waals surface area contributed by atoms with Crippen molar-refractivity contribution in [3.05, 3.63) is 35.9 Å². The van der Waals surface area contributed by atoms with Gasteiger partial charge in [-0.2, -0.15) is 5.10 Å². The summed E-state index contributed by atoms with van der Waals surface area (Å²) in [5, 5.41) is 6.21. The molecule has 0 spiro atoms. The van der Waals surface area contributed by atoms with Gasteiger partial charge in [-0.25, -0.2) is 18.1 Å². The molecule has 0 saturated carbocycles. The monoisotopic (exact) mass is 297 g/mol. The molecule has 1 aromatic heterocycles. The van der Waals surface area contributed by atoms with Crippen molar-refractivity contribution in [3.8, 4) is 5.75 Å². The molecule has 0 radical (unpaired) electrons. The summed E-state index contributed by atoms with van der Waals surface area (Å²) in [7, 11) is -2.30. The predicted octanol–water partition coefficient (Wildman–Crippen LogP) is -0.249. The van der Waals surface area contributed by atoms with Crippen molar-refractivity contribution >= 4 is 10.0 Å². The number of hydrogen-bond donors (Lipinski definition) is 3. The topological polar surface area (TPSA) is 123 Å². The van der Waals surface area contributed by atoms with Gasteiger partial charge in [0.1, 0.15) is 22.8 Å². The van der Waals surface area contributed by atoms with E-state index in [4.69, 9.17) is 10.5 Å². The van der Waals surface area contributed by atoms with Crippen molar-refractivity contribution in [2.45, 2.75) is 18.0 Å². The normalized spacial score (nSPS) is 11.5. The number of sulfonamides is 1. The number of H-pyrrole nitrogens is 1. The summed E-state index contributed by atoms with van der Waals surface area (Å²) in [5.41, 5.74) is 6.30. The fourth-order valence-corrected chi connectivity index (χ4v) is 2.75. The number of rotatable bonds is 6. The molecule has 1 heterocycles. The highest BCUT2D eigenvalue weighted by molar-refractivity contribution is 7.89. The minimum atomic E-state index is -3.71. The van der Waals surface area contributed by atoms with Crippen molar-refractivity contribution in [2.75, 3.05) is 7.11 Å². The van der Waals surface area contributed by atoms with Gasteiger partial charge in [-0.3, -0.25) is 5.10 Å². The Labute approximate surface area is 116 Å². The second-order valence-electron chi connectivity index (χ2n) is 3.95. The zero-order chi connectivity index (χ0) is 14.6. The molecule has 9 heteroatoms. The molecule has 0 aliphatic carbocycles. The summed E-state index contributed by atoms with van der Waals surface area (Å²) in [4.78, 5) is 3.89. The molecule has 108 valence electrons. The van der Waals surface area contributed by atoms with Crippen LogP contribution in [0.3, 0.4) is 0 Å². The van der Waals surface area contributed by atoms with Gasteiger partial charge in [-0.15, -0.1) is 0 Å². The van der Waals surface area contributed by atoms with Crippen LogP contribution in [-0.2, 0) is 23.1 Å². The molecular weight excluding hydrogens is 282 g/mol. The van der Waals surface area contributed by atoms with E-state index >= 15 is 0 Å². The van der Waals surface area contributed by atoms with Crippen molar-refractivity contribution in [2.24, 2.45) is 5.73 Å². The third-order valence-electron chi connectivity index (χ3n) is 2.65. The number of aromatic amines is 1. The quantitative estimate of drug-likeness (QED) is 0.675. The first kappa shape index (κ1) is 14.4. The van der Waals surface area contributed by atoms with E-state index in [-0.39, 0.29) is 17.2 Å². The van der Waals surface area contributed by atoms with Crippen molar-refractivity contribution in [1.82, 2.24) is 19.9 Å². The van der Waals surface area contributed by atoms with Crippen LogP contribution in [0.1, 0.15) is 11.4 Å². The van der Waals surface area contributed by atoms with Crippen LogP contribution < -0.4 is 15.2 Å². The highest BCUT2D eigenvalue weighted by atomic mass is 32.2. The highest BCUT2D eigenvalue weighted by Gasteiger charge is 2.19. The molecule has 2 rings (SSSR count). The van der Waals surface area contributed by atoms with Gasteiger partial charge in [0.15, 0.2) is 0 Å². The lowest BCUT2D eigenvalue weighted by atomic mass is 10.2. The second kappa shape index (κ2) is 5.99. The van der Waals surface area contributed by atoms with Crippen LogP contribution in [0, 0.1) is 0 Å². The van der Waals surface area contributed by atoms with Crippen LogP contribution in [0.5, 0.6) is 5.75 Å². The third kappa shape index (κ3) is 3.13. The second-order valence-corrected chi connectivity index (χ2v) is 5.68.